The molecule has 0 bridgehead atoms. The molecule has 0 aliphatic heterocycles. The summed E-state index contributed by atoms with van der Waals surface area (Å²) in [6, 6.07) is 8.48. The van der Waals surface area contributed by atoms with Crippen LogP contribution in [0.5, 0.6) is 5.75 Å². The number of hydrogen-bond donors (Lipinski definition) is 1. The summed E-state index contributed by atoms with van der Waals surface area (Å²) >= 11 is 0. The van der Waals surface area contributed by atoms with E-state index in [0.717, 1.165) is 18.7 Å². The van der Waals surface area contributed by atoms with Gasteiger partial charge in [0.05, 0.1) is 18.7 Å². The number of rotatable bonds is 8. The van der Waals surface area contributed by atoms with Crippen LogP contribution in [-0.2, 0) is 0 Å². The first kappa shape index (κ1) is 16.5. The SMILES string of the molecule is CCCNC(C#N)CCOc1cc(C)ccc1C(C)C. The first-order chi connectivity index (χ1) is 9.58. The van der Waals surface area contributed by atoms with Crippen LogP contribution in [0.4, 0.5) is 0 Å². The van der Waals surface area contributed by atoms with Gasteiger partial charge in [0.1, 0.15) is 5.75 Å². The molecule has 0 heterocycles. The minimum absolute atomic E-state index is 0.123. The summed E-state index contributed by atoms with van der Waals surface area (Å²) in [6.07, 6.45) is 1.75. The zero-order valence-corrected chi connectivity index (χ0v) is 13.1. The van der Waals surface area contributed by atoms with Crippen molar-refractivity contribution in [2.75, 3.05) is 13.2 Å². The minimum atomic E-state index is -0.123. The molecule has 0 saturated heterocycles. The Balaban J connectivity index is 2.57. The predicted molar refractivity (Wildman–Crippen MR) is 83.1 cm³/mol. The molecule has 1 rings (SSSR count). The van der Waals surface area contributed by atoms with E-state index in [4.69, 9.17) is 10.00 Å². The van der Waals surface area contributed by atoms with Gasteiger partial charge in [-0.1, -0.05) is 32.9 Å². The van der Waals surface area contributed by atoms with Crippen LogP contribution >= 0.6 is 0 Å². The van der Waals surface area contributed by atoms with Crippen LogP contribution in [0.1, 0.15) is 50.7 Å². The maximum Gasteiger partial charge on any atom is 0.123 e. The van der Waals surface area contributed by atoms with Crippen LogP contribution in [0.3, 0.4) is 0 Å². The lowest BCUT2D eigenvalue weighted by atomic mass is 10.0. The van der Waals surface area contributed by atoms with E-state index in [1.807, 2.05) is 0 Å². The lowest BCUT2D eigenvalue weighted by Crippen LogP contribution is -2.29. The highest BCUT2D eigenvalue weighted by Gasteiger charge is 2.10. The van der Waals surface area contributed by atoms with E-state index in [9.17, 15) is 0 Å². The van der Waals surface area contributed by atoms with Crippen molar-refractivity contribution in [1.82, 2.24) is 5.32 Å². The van der Waals surface area contributed by atoms with Gasteiger partial charge in [0.25, 0.3) is 0 Å². The summed E-state index contributed by atoms with van der Waals surface area (Å²) < 4.78 is 5.90. The second-order valence-corrected chi connectivity index (χ2v) is 5.47. The molecule has 110 valence electrons. The number of nitrogens with one attached hydrogen (secondary N) is 1. The summed E-state index contributed by atoms with van der Waals surface area (Å²) in [6.45, 7) is 9.94. The third-order valence-corrected chi connectivity index (χ3v) is 3.25. The molecule has 0 spiro atoms. The van der Waals surface area contributed by atoms with E-state index in [-0.39, 0.29) is 6.04 Å². The first-order valence-corrected chi connectivity index (χ1v) is 7.44. The minimum Gasteiger partial charge on any atom is -0.493 e. The maximum atomic E-state index is 9.07. The lowest BCUT2D eigenvalue weighted by Gasteiger charge is -2.16. The number of ether oxygens (including phenoxy) is 1. The molecule has 3 heteroatoms. The molecule has 0 aliphatic carbocycles. The average Bonchev–Trinajstić information content (AvgIpc) is 2.42. The Morgan fingerprint density at radius 2 is 2.10 bits per heavy atom. The predicted octanol–water partition coefficient (Wildman–Crippen LogP) is 3.78. The maximum absolute atomic E-state index is 9.07. The van der Waals surface area contributed by atoms with E-state index < -0.39 is 0 Å². The van der Waals surface area contributed by atoms with Crippen molar-refractivity contribution in [3.8, 4) is 11.8 Å². The Hall–Kier alpha value is -1.53. The van der Waals surface area contributed by atoms with Crippen LogP contribution in [0.2, 0.25) is 0 Å². The molecule has 0 fully saturated rings. The van der Waals surface area contributed by atoms with Gasteiger partial charge >= 0.3 is 0 Å². The highest BCUT2D eigenvalue weighted by molar-refractivity contribution is 5.39. The Bertz CT molecular complexity index is 449. The number of benzene rings is 1. The molecule has 3 nitrogen and oxygen atoms in total. The fraction of sp³-hybridized carbons (Fsp3) is 0.588. The number of hydrogen-bond acceptors (Lipinski definition) is 3. The van der Waals surface area contributed by atoms with Crippen molar-refractivity contribution in [2.24, 2.45) is 0 Å². The van der Waals surface area contributed by atoms with E-state index >= 15 is 0 Å². The standard InChI is InChI=1S/C17H26N2O/c1-5-9-19-15(12-18)8-10-20-17-11-14(4)6-7-16(17)13(2)3/h6-7,11,13,15,19H,5,8-10H2,1-4H3. The number of aryl methyl sites for hydroxylation is 1. The van der Waals surface area contributed by atoms with E-state index in [2.05, 4.69) is 57.3 Å². The second-order valence-electron chi connectivity index (χ2n) is 5.47. The van der Waals surface area contributed by atoms with Crippen molar-refractivity contribution in [2.45, 2.75) is 52.5 Å². The third kappa shape index (κ3) is 5.22. The summed E-state index contributed by atoms with van der Waals surface area (Å²) in [5, 5.41) is 12.3. The van der Waals surface area contributed by atoms with Gasteiger partial charge in [0, 0.05) is 6.42 Å². The van der Waals surface area contributed by atoms with Crippen LogP contribution < -0.4 is 10.1 Å². The largest absolute Gasteiger partial charge is 0.493 e. The molecule has 1 aromatic carbocycles. The Morgan fingerprint density at radius 1 is 1.35 bits per heavy atom. The van der Waals surface area contributed by atoms with Gasteiger partial charge in [-0.3, -0.25) is 0 Å². The zero-order chi connectivity index (χ0) is 15.0. The third-order valence-electron chi connectivity index (χ3n) is 3.25. The van der Waals surface area contributed by atoms with Crippen molar-refractivity contribution >= 4 is 0 Å². The molecule has 0 saturated carbocycles. The average molecular weight is 274 g/mol. The van der Waals surface area contributed by atoms with Gasteiger partial charge in [0.2, 0.25) is 0 Å². The summed E-state index contributed by atoms with van der Waals surface area (Å²) in [5.41, 5.74) is 2.43. The van der Waals surface area contributed by atoms with E-state index in [1.165, 1.54) is 11.1 Å². The van der Waals surface area contributed by atoms with Crippen molar-refractivity contribution in [1.29, 1.82) is 5.26 Å². The Kier molecular flexibility index (Phi) is 7.11. The first-order valence-electron chi connectivity index (χ1n) is 7.44. The zero-order valence-electron chi connectivity index (χ0n) is 13.1. The molecule has 1 atom stereocenters. The lowest BCUT2D eigenvalue weighted by molar-refractivity contribution is 0.294. The summed E-state index contributed by atoms with van der Waals surface area (Å²) in [4.78, 5) is 0. The summed E-state index contributed by atoms with van der Waals surface area (Å²) in [5.74, 6) is 1.39. The van der Waals surface area contributed by atoms with Gasteiger partial charge in [-0.15, -0.1) is 0 Å². The molecule has 0 amide bonds. The van der Waals surface area contributed by atoms with Crippen LogP contribution in [0.25, 0.3) is 0 Å². The molecular weight excluding hydrogens is 248 g/mol. The normalized spacial score (nSPS) is 12.2. The molecule has 1 N–H and O–H groups in total. The van der Waals surface area contributed by atoms with Gasteiger partial charge in [0.15, 0.2) is 0 Å². The smallest absolute Gasteiger partial charge is 0.123 e. The molecule has 1 aromatic rings. The molecule has 0 aliphatic rings. The highest BCUT2D eigenvalue weighted by Crippen LogP contribution is 2.27. The highest BCUT2D eigenvalue weighted by atomic mass is 16.5. The van der Waals surface area contributed by atoms with Crippen molar-refractivity contribution in [3.05, 3.63) is 29.3 Å². The topological polar surface area (TPSA) is 45.0 Å². The van der Waals surface area contributed by atoms with Crippen LogP contribution in [0.15, 0.2) is 18.2 Å². The van der Waals surface area contributed by atoms with Crippen LogP contribution in [0, 0.1) is 18.3 Å². The fourth-order valence-corrected chi connectivity index (χ4v) is 2.06. The molecule has 1 unspecified atom stereocenters. The van der Waals surface area contributed by atoms with Gasteiger partial charge < -0.3 is 10.1 Å². The Labute approximate surface area is 123 Å². The monoisotopic (exact) mass is 274 g/mol. The fourth-order valence-electron chi connectivity index (χ4n) is 2.06. The Morgan fingerprint density at radius 3 is 2.70 bits per heavy atom. The van der Waals surface area contributed by atoms with Gasteiger partial charge in [-0.25, -0.2) is 0 Å². The molecular formula is C17H26N2O. The van der Waals surface area contributed by atoms with Crippen molar-refractivity contribution in [3.63, 3.8) is 0 Å². The number of nitrogens with zero attached hydrogens (tertiary/aromatic N) is 1. The molecule has 0 radical (unpaired) electrons. The molecule has 0 aromatic heterocycles. The second kappa shape index (κ2) is 8.60. The summed E-state index contributed by atoms with van der Waals surface area (Å²) in [7, 11) is 0. The van der Waals surface area contributed by atoms with Crippen molar-refractivity contribution < 1.29 is 4.74 Å². The molecule has 20 heavy (non-hydrogen) atoms. The van der Waals surface area contributed by atoms with E-state index in [1.54, 1.807) is 0 Å². The van der Waals surface area contributed by atoms with Gasteiger partial charge in [-0.2, -0.15) is 5.26 Å². The van der Waals surface area contributed by atoms with E-state index in [0.29, 0.717) is 18.9 Å². The van der Waals surface area contributed by atoms with Gasteiger partial charge in [-0.05, 0) is 43.0 Å². The van der Waals surface area contributed by atoms with Crippen LogP contribution in [-0.4, -0.2) is 19.2 Å². The number of nitriles is 1. The quantitative estimate of drug-likeness (QED) is 0.784.